The van der Waals surface area contributed by atoms with Gasteiger partial charge >= 0.3 is 5.97 Å². The highest BCUT2D eigenvalue weighted by atomic mass is 32.2. The second-order valence-corrected chi connectivity index (χ2v) is 8.12. The molecular weight excluding hydrogens is 386 g/mol. The summed E-state index contributed by atoms with van der Waals surface area (Å²) >= 11 is 1.27. The summed E-state index contributed by atoms with van der Waals surface area (Å²) in [5, 5.41) is 8.52. The highest BCUT2D eigenvalue weighted by molar-refractivity contribution is 8.00. The molecule has 3 rings (SSSR count). The number of carboxylic acids is 1. The maximum absolute atomic E-state index is 12.8. The first-order valence-corrected chi connectivity index (χ1v) is 10.2. The van der Waals surface area contributed by atoms with Crippen LogP contribution < -0.4 is 4.74 Å². The van der Waals surface area contributed by atoms with Crippen LogP contribution in [0.1, 0.15) is 28.5 Å². The van der Waals surface area contributed by atoms with Crippen molar-refractivity contribution < 1.29 is 19.4 Å². The average molecular weight is 410 g/mol. The van der Waals surface area contributed by atoms with Crippen molar-refractivity contribution in [1.29, 1.82) is 0 Å². The number of thioether (sulfide) groups is 1. The molecule has 1 heterocycles. The number of benzene rings is 2. The van der Waals surface area contributed by atoms with Crippen LogP contribution in [-0.4, -0.2) is 33.3 Å². The lowest BCUT2D eigenvalue weighted by atomic mass is 10.1. The lowest BCUT2D eigenvalue weighted by molar-refractivity contribution is -0.136. The minimum Gasteiger partial charge on any atom is -0.492 e. The predicted octanol–water partition coefficient (Wildman–Crippen LogP) is 4.67. The van der Waals surface area contributed by atoms with Gasteiger partial charge in [-0.25, -0.2) is 0 Å². The Bertz CT molecular complexity index is 994. The Morgan fingerprint density at radius 3 is 2.59 bits per heavy atom. The zero-order chi connectivity index (χ0) is 20.8. The molecule has 1 unspecified atom stereocenters. The van der Waals surface area contributed by atoms with Gasteiger partial charge in [-0.15, -0.1) is 11.8 Å². The number of nitrogens with zero attached hydrogens (tertiary/aromatic N) is 1. The van der Waals surface area contributed by atoms with E-state index in [9.17, 15) is 9.59 Å². The molecule has 0 aliphatic heterocycles. The fraction of sp³-hybridized carbons (Fsp3) is 0.217. The minimum atomic E-state index is -0.847. The van der Waals surface area contributed by atoms with Gasteiger partial charge in [0.25, 0.3) is 0 Å². The number of carboxylic acid groups (broad SMARTS) is 1. The smallest absolute Gasteiger partial charge is 0.316 e. The van der Waals surface area contributed by atoms with Gasteiger partial charge in [-0.05, 0) is 44.2 Å². The van der Waals surface area contributed by atoms with Crippen LogP contribution in [0, 0.1) is 6.92 Å². The molecule has 1 N–H and O–H groups in total. The number of ether oxygens (including phenoxy) is 1. The highest BCUT2D eigenvalue weighted by Crippen LogP contribution is 2.26. The Labute approximate surface area is 174 Å². The third kappa shape index (κ3) is 5.51. The van der Waals surface area contributed by atoms with Crippen LogP contribution in [0.3, 0.4) is 0 Å². The van der Waals surface area contributed by atoms with Crippen LogP contribution in [0.25, 0.3) is 0 Å². The van der Waals surface area contributed by atoms with E-state index in [1.54, 1.807) is 6.92 Å². The number of aromatic nitrogens is 1. The van der Waals surface area contributed by atoms with Crippen LogP contribution in [0.4, 0.5) is 0 Å². The molecule has 3 aromatic rings. The minimum absolute atomic E-state index is 0.0175. The van der Waals surface area contributed by atoms with E-state index in [0.717, 1.165) is 10.5 Å². The van der Waals surface area contributed by atoms with E-state index < -0.39 is 11.2 Å². The van der Waals surface area contributed by atoms with Crippen LogP contribution in [0.2, 0.25) is 0 Å². The zero-order valence-electron chi connectivity index (χ0n) is 16.4. The van der Waals surface area contributed by atoms with Crippen molar-refractivity contribution in [3.8, 4) is 5.75 Å². The van der Waals surface area contributed by atoms with Crippen LogP contribution >= 0.6 is 11.8 Å². The third-order valence-corrected chi connectivity index (χ3v) is 5.52. The Hall–Kier alpha value is -2.99. The van der Waals surface area contributed by atoms with Crippen molar-refractivity contribution in [2.45, 2.75) is 30.5 Å². The van der Waals surface area contributed by atoms with Gasteiger partial charge in [0.1, 0.15) is 17.6 Å². The summed E-state index contributed by atoms with van der Waals surface area (Å²) in [4.78, 5) is 24.6. The summed E-state index contributed by atoms with van der Waals surface area (Å²) in [7, 11) is 0. The van der Waals surface area contributed by atoms with Crippen molar-refractivity contribution in [2.24, 2.45) is 0 Å². The summed E-state index contributed by atoms with van der Waals surface area (Å²) in [6.45, 7) is 4.57. The van der Waals surface area contributed by atoms with Crippen molar-refractivity contribution in [1.82, 2.24) is 4.57 Å². The molecule has 0 amide bonds. The van der Waals surface area contributed by atoms with Gasteiger partial charge in [-0.2, -0.15) is 0 Å². The van der Waals surface area contributed by atoms with Crippen molar-refractivity contribution in [3.63, 3.8) is 0 Å². The summed E-state index contributed by atoms with van der Waals surface area (Å²) < 4.78 is 7.71. The molecule has 2 aromatic carbocycles. The van der Waals surface area contributed by atoms with E-state index in [1.165, 1.54) is 11.8 Å². The lowest BCUT2D eigenvalue weighted by Crippen LogP contribution is -2.14. The average Bonchev–Trinajstić information content (AvgIpc) is 3.17. The van der Waals surface area contributed by atoms with Gasteiger partial charge in [-0.3, -0.25) is 9.59 Å². The third-order valence-electron chi connectivity index (χ3n) is 4.44. The SMILES string of the molecule is Cc1ccc(C(=O)c2cccn2CCOc2cccc(SC(C)C(=O)O)c2)cc1. The number of aliphatic carboxylic acids is 1. The topological polar surface area (TPSA) is 68.5 Å². The molecule has 5 nitrogen and oxygen atoms in total. The van der Waals surface area contributed by atoms with Gasteiger partial charge in [0, 0.05) is 16.7 Å². The maximum atomic E-state index is 12.8. The van der Waals surface area contributed by atoms with E-state index in [4.69, 9.17) is 9.84 Å². The molecule has 1 aromatic heterocycles. The Balaban J connectivity index is 1.61. The zero-order valence-corrected chi connectivity index (χ0v) is 17.2. The molecule has 0 spiro atoms. The fourth-order valence-corrected chi connectivity index (χ4v) is 3.67. The van der Waals surface area contributed by atoms with Crippen molar-refractivity contribution in [2.75, 3.05) is 6.61 Å². The second kappa shape index (κ2) is 9.47. The van der Waals surface area contributed by atoms with E-state index in [2.05, 4.69) is 0 Å². The maximum Gasteiger partial charge on any atom is 0.316 e. The van der Waals surface area contributed by atoms with E-state index >= 15 is 0 Å². The number of hydrogen-bond acceptors (Lipinski definition) is 4. The fourth-order valence-electron chi connectivity index (χ4n) is 2.82. The Kier molecular flexibility index (Phi) is 6.77. The van der Waals surface area contributed by atoms with Gasteiger partial charge in [-0.1, -0.05) is 35.9 Å². The molecule has 0 aliphatic carbocycles. The molecule has 0 aliphatic rings. The van der Waals surface area contributed by atoms with Crippen LogP contribution in [0.15, 0.2) is 71.8 Å². The molecule has 1 atom stereocenters. The Morgan fingerprint density at radius 1 is 1.10 bits per heavy atom. The molecule has 0 bridgehead atoms. The van der Waals surface area contributed by atoms with Gasteiger partial charge in [0.2, 0.25) is 5.78 Å². The number of aryl methyl sites for hydroxylation is 1. The molecule has 0 saturated carbocycles. The van der Waals surface area contributed by atoms with E-state index in [-0.39, 0.29) is 5.78 Å². The molecule has 29 heavy (non-hydrogen) atoms. The number of carbonyl (C=O) groups is 2. The number of rotatable bonds is 9. The number of ketones is 1. The lowest BCUT2D eigenvalue weighted by Gasteiger charge is -2.12. The van der Waals surface area contributed by atoms with Crippen molar-refractivity contribution >= 4 is 23.5 Å². The van der Waals surface area contributed by atoms with Gasteiger partial charge in [0.05, 0.1) is 12.2 Å². The molecule has 0 saturated heterocycles. The first-order chi connectivity index (χ1) is 13.9. The molecular formula is C23H23NO4S. The molecule has 150 valence electrons. The highest BCUT2D eigenvalue weighted by Gasteiger charge is 2.14. The number of carbonyl (C=O) groups excluding carboxylic acids is 1. The molecule has 0 radical (unpaired) electrons. The predicted molar refractivity (Wildman–Crippen MR) is 114 cm³/mol. The van der Waals surface area contributed by atoms with Crippen LogP contribution in [0.5, 0.6) is 5.75 Å². The Morgan fingerprint density at radius 2 is 1.86 bits per heavy atom. The largest absolute Gasteiger partial charge is 0.492 e. The molecule has 0 fully saturated rings. The van der Waals surface area contributed by atoms with E-state index in [0.29, 0.717) is 30.2 Å². The van der Waals surface area contributed by atoms with Crippen molar-refractivity contribution in [3.05, 3.63) is 83.7 Å². The second-order valence-electron chi connectivity index (χ2n) is 6.70. The standard InChI is InChI=1S/C23H23NO4S/c1-16-8-10-18(11-9-16)22(25)21-7-4-12-24(21)13-14-28-19-5-3-6-20(15-19)29-17(2)23(26)27/h3-12,15,17H,13-14H2,1-2H3,(H,26,27). The summed E-state index contributed by atoms with van der Waals surface area (Å²) in [6.07, 6.45) is 1.87. The van der Waals surface area contributed by atoms with Crippen LogP contribution in [-0.2, 0) is 11.3 Å². The van der Waals surface area contributed by atoms with E-state index in [1.807, 2.05) is 78.4 Å². The summed E-state index contributed by atoms with van der Waals surface area (Å²) in [6, 6.07) is 18.6. The van der Waals surface area contributed by atoms with Gasteiger partial charge in [0.15, 0.2) is 0 Å². The number of hydrogen-bond donors (Lipinski definition) is 1. The van der Waals surface area contributed by atoms with Gasteiger partial charge < -0.3 is 14.4 Å². The summed E-state index contributed by atoms with van der Waals surface area (Å²) in [5.41, 5.74) is 2.40. The first kappa shape index (κ1) is 20.7. The molecule has 6 heteroatoms. The quantitative estimate of drug-likeness (QED) is 0.411. The summed E-state index contributed by atoms with van der Waals surface area (Å²) in [5.74, 6) is -0.193. The normalized spacial score (nSPS) is 11.8. The first-order valence-electron chi connectivity index (χ1n) is 9.33. The monoisotopic (exact) mass is 409 g/mol.